The van der Waals surface area contributed by atoms with Gasteiger partial charge in [0.05, 0.1) is 19.7 Å². The zero-order valence-corrected chi connectivity index (χ0v) is 16.4. The second-order valence-corrected chi connectivity index (χ2v) is 7.06. The van der Waals surface area contributed by atoms with Crippen LogP contribution in [0.15, 0.2) is 42.6 Å². The Balaban J connectivity index is 1.96. The molecule has 1 aliphatic carbocycles. The fourth-order valence-corrected chi connectivity index (χ4v) is 4.05. The first kappa shape index (κ1) is 18.9. The van der Waals surface area contributed by atoms with Crippen LogP contribution in [-0.2, 0) is 22.3 Å². The average molecular weight is 391 g/mol. The number of hydrogen-bond acceptors (Lipinski definition) is 5. The SMILES string of the molecule is COC(=O)c1c(C(=O)OC)c2ccccn2c1C(=O)c1ccc2c(c1)CCCC2. The molecular formula is C23H21NO5. The molecule has 2 heterocycles. The Morgan fingerprint density at radius 2 is 1.55 bits per heavy atom. The highest BCUT2D eigenvalue weighted by Crippen LogP contribution is 2.29. The highest BCUT2D eigenvalue weighted by Gasteiger charge is 2.33. The molecule has 4 rings (SSSR count). The standard InChI is InChI=1S/C23H21NO5/c1-28-22(26)18-17-9-5-6-12-24(17)20(19(18)23(27)29-2)21(25)16-11-10-14-7-3-4-8-15(14)13-16/h5-6,9-13H,3-4,7-8H2,1-2H3. The molecule has 0 unspecified atom stereocenters. The number of methoxy groups -OCH3 is 2. The fraction of sp³-hybridized carbons (Fsp3) is 0.261. The highest BCUT2D eigenvalue weighted by atomic mass is 16.5. The number of carbonyl (C=O) groups excluding carboxylic acids is 3. The van der Waals surface area contributed by atoms with E-state index in [0.717, 1.165) is 31.2 Å². The van der Waals surface area contributed by atoms with E-state index in [0.29, 0.717) is 11.1 Å². The maximum Gasteiger partial charge on any atom is 0.341 e. The molecule has 0 atom stereocenters. The molecule has 1 aliphatic rings. The van der Waals surface area contributed by atoms with Gasteiger partial charge in [0.1, 0.15) is 16.8 Å². The lowest BCUT2D eigenvalue weighted by Crippen LogP contribution is -2.16. The van der Waals surface area contributed by atoms with E-state index in [1.54, 1.807) is 34.9 Å². The van der Waals surface area contributed by atoms with E-state index in [2.05, 4.69) is 0 Å². The summed E-state index contributed by atoms with van der Waals surface area (Å²) in [6.45, 7) is 0. The van der Waals surface area contributed by atoms with Crippen molar-refractivity contribution in [2.24, 2.45) is 0 Å². The van der Waals surface area contributed by atoms with Gasteiger partial charge in [-0.05, 0) is 55.0 Å². The van der Waals surface area contributed by atoms with Gasteiger partial charge in [-0.15, -0.1) is 0 Å². The van der Waals surface area contributed by atoms with Gasteiger partial charge in [-0.2, -0.15) is 0 Å². The van der Waals surface area contributed by atoms with Crippen LogP contribution in [0.1, 0.15) is 60.7 Å². The molecule has 0 fully saturated rings. The molecular weight excluding hydrogens is 370 g/mol. The average Bonchev–Trinajstić information content (AvgIpc) is 3.12. The lowest BCUT2D eigenvalue weighted by atomic mass is 9.89. The molecule has 0 bridgehead atoms. The number of rotatable bonds is 4. The van der Waals surface area contributed by atoms with Crippen molar-refractivity contribution in [2.75, 3.05) is 14.2 Å². The Bertz CT molecular complexity index is 1140. The van der Waals surface area contributed by atoms with Crippen molar-refractivity contribution < 1.29 is 23.9 Å². The third-order valence-electron chi connectivity index (χ3n) is 5.45. The van der Waals surface area contributed by atoms with Gasteiger partial charge in [0.15, 0.2) is 0 Å². The van der Waals surface area contributed by atoms with Gasteiger partial charge in [-0.3, -0.25) is 4.79 Å². The predicted molar refractivity (Wildman–Crippen MR) is 107 cm³/mol. The van der Waals surface area contributed by atoms with Gasteiger partial charge >= 0.3 is 11.9 Å². The lowest BCUT2D eigenvalue weighted by molar-refractivity contribution is 0.0556. The number of aryl methyl sites for hydroxylation is 2. The van der Waals surface area contributed by atoms with Crippen LogP contribution >= 0.6 is 0 Å². The largest absolute Gasteiger partial charge is 0.465 e. The smallest absolute Gasteiger partial charge is 0.341 e. The van der Waals surface area contributed by atoms with Crippen LogP contribution in [0, 0.1) is 0 Å². The van der Waals surface area contributed by atoms with Gasteiger partial charge in [0.2, 0.25) is 5.78 Å². The number of hydrogen-bond donors (Lipinski definition) is 0. The Hall–Kier alpha value is -3.41. The van der Waals surface area contributed by atoms with E-state index in [9.17, 15) is 14.4 Å². The van der Waals surface area contributed by atoms with Gasteiger partial charge in [-0.25, -0.2) is 9.59 Å². The summed E-state index contributed by atoms with van der Waals surface area (Å²) in [5.74, 6) is -1.79. The number of carbonyl (C=O) groups is 3. The summed E-state index contributed by atoms with van der Waals surface area (Å²) in [4.78, 5) is 38.6. The van der Waals surface area contributed by atoms with Crippen molar-refractivity contribution in [3.8, 4) is 0 Å². The summed E-state index contributed by atoms with van der Waals surface area (Å²) in [6.07, 6.45) is 5.84. The number of benzene rings is 1. The molecule has 6 nitrogen and oxygen atoms in total. The lowest BCUT2D eigenvalue weighted by Gasteiger charge is -2.16. The fourth-order valence-electron chi connectivity index (χ4n) is 4.05. The summed E-state index contributed by atoms with van der Waals surface area (Å²) >= 11 is 0. The molecule has 0 spiro atoms. The van der Waals surface area contributed by atoms with Crippen molar-refractivity contribution in [2.45, 2.75) is 25.7 Å². The monoisotopic (exact) mass is 391 g/mol. The Kier molecular flexibility index (Phi) is 4.92. The third-order valence-corrected chi connectivity index (χ3v) is 5.45. The molecule has 0 saturated heterocycles. The van der Waals surface area contributed by atoms with Crippen LogP contribution in [0.2, 0.25) is 0 Å². The van der Waals surface area contributed by atoms with E-state index in [-0.39, 0.29) is 22.6 Å². The number of aromatic nitrogens is 1. The topological polar surface area (TPSA) is 74.1 Å². The predicted octanol–water partition coefficient (Wildman–Crippen LogP) is 3.62. The van der Waals surface area contributed by atoms with E-state index in [1.807, 2.05) is 12.1 Å². The summed E-state index contributed by atoms with van der Waals surface area (Å²) in [5, 5.41) is 0. The molecule has 0 N–H and O–H groups in total. The van der Waals surface area contributed by atoms with E-state index < -0.39 is 11.9 Å². The molecule has 2 aromatic heterocycles. The molecule has 3 aromatic rings. The van der Waals surface area contributed by atoms with Crippen LogP contribution in [-0.4, -0.2) is 36.3 Å². The van der Waals surface area contributed by atoms with E-state index in [1.165, 1.54) is 19.8 Å². The van der Waals surface area contributed by atoms with Gasteiger partial charge < -0.3 is 13.9 Å². The van der Waals surface area contributed by atoms with E-state index in [4.69, 9.17) is 9.47 Å². The highest BCUT2D eigenvalue weighted by molar-refractivity contribution is 6.19. The number of ether oxygens (including phenoxy) is 2. The Morgan fingerprint density at radius 1 is 0.862 bits per heavy atom. The van der Waals surface area contributed by atoms with Crippen molar-refractivity contribution in [1.29, 1.82) is 0 Å². The summed E-state index contributed by atoms with van der Waals surface area (Å²) < 4.78 is 11.3. The molecule has 0 amide bonds. The van der Waals surface area contributed by atoms with Crippen LogP contribution in [0.25, 0.3) is 5.52 Å². The molecule has 0 radical (unpaired) electrons. The maximum absolute atomic E-state index is 13.5. The Labute approximate surface area is 168 Å². The number of esters is 2. The van der Waals surface area contributed by atoms with Gasteiger partial charge in [0.25, 0.3) is 0 Å². The van der Waals surface area contributed by atoms with Gasteiger partial charge in [0, 0.05) is 11.8 Å². The maximum atomic E-state index is 13.5. The van der Waals surface area contributed by atoms with Crippen molar-refractivity contribution in [1.82, 2.24) is 4.40 Å². The number of pyridine rings is 1. The first-order chi connectivity index (χ1) is 14.1. The molecule has 148 valence electrons. The molecule has 1 aromatic carbocycles. The second kappa shape index (κ2) is 7.54. The number of ketones is 1. The second-order valence-electron chi connectivity index (χ2n) is 7.06. The summed E-state index contributed by atoms with van der Waals surface area (Å²) in [7, 11) is 2.46. The van der Waals surface area contributed by atoms with Crippen LogP contribution < -0.4 is 0 Å². The van der Waals surface area contributed by atoms with Crippen molar-refractivity contribution in [3.05, 3.63) is 76.1 Å². The molecule has 0 aliphatic heterocycles. The minimum absolute atomic E-state index is 0.0289. The zero-order valence-electron chi connectivity index (χ0n) is 16.4. The zero-order chi connectivity index (χ0) is 20.5. The summed E-state index contributed by atoms with van der Waals surface area (Å²) in [5.41, 5.74) is 3.38. The molecule has 0 saturated carbocycles. The quantitative estimate of drug-likeness (QED) is 0.502. The molecule has 6 heteroatoms. The van der Waals surface area contributed by atoms with E-state index >= 15 is 0 Å². The normalized spacial score (nSPS) is 13.0. The first-order valence-corrected chi connectivity index (χ1v) is 9.53. The summed E-state index contributed by atoms with van der Waals surface area (Å²) in [6, 6.07) is 10.8. The van der Waals surface area contributed by atoms with Crippen molar-refractivity contribution >= 4 is 23.2 Å². The minimum atomic E-state index is -0.754. The van der Waals surface area contributed by atoms with Gasteiger partial charge in [-0.1, -0.05) is 18.2 Å². The van der Waals surface area contributed by atoms with Crippen molar-refractivity contribution in [3.63, 3.8) is 0 Å². The number of nitrogens with zero attached hydrogens (tertiary/aromatic N) is 1. The van der Waals surface area contributed by atoms with Crippen LogP contribution in [0.4, 0.5) is 0 Å². The minimum Gasteiger partial charge on any atom is -0.465 e. The molecule has 29 heavy (non-hydrogen) atoms. The Morgan fingerprint density at radius 3 is 2.28 bits per heavy atom. The number of fused-ring (bicyclic) bond motifs is 2. The third kappa shape index (κ3) is 3.10. The van der Waals surface area contributed by atoms with Crippen LogP contribution in [0.5, 0.6) is 0 Å². The van der Waals surface area contributed by atoms with Crippen LogP contribution in [0.3, 0.4) is 0 Å². The first-order valence-electron chi connectivity index (χ1n) is 9.53.